The molecule has 0 aliphatic carbocycles. The molecule has 1 heterocycles. The molecule has 1 aromatic heterocycles. The topological polar surface area (TPSA) is 71.3 Å². The highest BCUT2D eigenvalue weighted by molar-refractivity contribution is 5.84. The van der Waals surface area contributed by atoms with Gasteiger partial charge in [-0.15, -0.1) is 0 Å². The summed E-state index contributed by atoms with van der Waals surface area (Å²) in [6, 6.07) is 13.1. The normalized spacial score (nSPS) is 10.7. The first kappa shape index (κ1) is 16.6. The predicted molar refractivity (Wildman–Crippen MR) is 96.5 cm³/mol. The maximum atomic E-state index is 13.3. The summed E-state index contributed by atoms with van der Waals surface area (Å²) in [7, 11) is 3.80. The van der Waals surface area contributed by atoms with Crippen LogP contribution in [0.15, 0.2) is 48.5 Å². The van der Waals surface area contributed by atoms with Gasteiger partial charge in [0.1, 0.15) is 17.3 Å². The molecule has 0 saturated heterocycles. The second-order valence-electron chi connectivity index (χ2n) is 5.82. The van der Waals surface area contributed by atoms with Crippen LogP contribution in [-0.2, 0) is 6.54 Å². The van der Waals surface area contributed by atoms with Crippen LogP contribution in [0.3, 0.4) is 0 Å². The molecule has 0 radical (unpaired) electrons. The Morgan fingerprint density at radius 2 is 1.96 bits per heavy atom. The molecule has 3 aromatic rings. The van der Waals surface area contributed by atoms with Gasteiger partial charge in [0.25, 0.3) is 5.69 Å². The Hall–Kier alpha value is -3.22. The van der Waals surface area contributed by atoms with Gasteiger partial charge in [-0.1, -0.05) is 18.2 Å². The number of hydrogen-bond donors (Lipinski definition) is 1. The van der Waals surface area contributed by atoms with E-state index in [4.69, 9.17) is 0 Å². The minimum absolute atomic E-state index is 0.277. The van der Waals surface area contributed by atoms with Crippen LogP contribution in [-0.4, -0.2) is 24.0 Å². The second kappa shape index (κ2) is 6.72. The number of benzene rings is 2. The van der Waals surface area contributed by atoms with Crippen molar-refractivity contribution >= 4 is 28.1 Å². The van der Waals surface area contributed by atoms with E-state index in [9.17, 15) is 14.5 Å². The Kier molecular flexibility index (Phi) is 4.47. The van der Waals surface area contributed by atoms with Crippen LogP contribution in [0.2, 0.25) is 0 Å². The molecule has 0 fully saturated rings. The number of nitro benzene ring substituents is 1. The van der Waals surface area contributed by atoms with Gasteiger partial charge in [0.2, 0.25) is 0 Å². The first-order valence-corrected chi connectivity index (χ1v) is 7.69. The molecule has 0 spiro atoms. The summed E-state index contributed by atoms with van der Waals surface area (Å²) >= 11 is 0. The van der Waals surface area contributed by atoms with Crippen LogP contribution in [0.5, 0.6) is 0 Å². The fourth-order valence-corrected chi connectivity index (χ4v) is 2.60. The Bertz CT molecular complexity index is 944. The van der Waals surface area contributed by atoms with Crippen LogP contribution >= 0.6 is 0 Å². The van der Waals surface area contributed by atoms with Crippen molar-refractivity contribution in [2.45, 2.75) is 6.54 Å². The number of para-hydroxylation sites is 1. The molecule has 0 aliphatic rings. The van der Waals surface area contributed by atoms with Gasteiger partial charge in [0.05, 0.1) is 16.5 Å². The Balaban J connectivity index is 1.97. The Labute approximate surface area is 144 Å². The molecule has 128 valence electrons. The van der Waals surface area contributed by atoms with E-state index in [1.165, 1.54) is 12.1 Å². The van der Waals surface area contributed by atoms with Gasteiger partial charge in [0.15, 0.2) is 0 Å². The predicted octanol–water partition coefficient (Wildman–Crippen LogP) is 3.96. The number of fused-ring (bicyclic) bond motifs is 1. The fourth-order valence-electron chi connectivity index (χ4n) is 2.60. The summed E-state index contributed by atoms with van der Waals surface area (Å²) in [4.78, 5) is 17.0. The van der Waals surface area contributed by atoms with Gasteiger partial charge < -0.3 is 10.2 Å². The summed E-state index contributed by atoms with van der Waals surface area (Å²) in [5.74, 6) is 0.158. The second-order valence-corrected chi connectivity index (χ2v) is 5.82. The number of nitrogens with one attached hydrogen (secondary N) is 1. The third kappa shape index (κ3) is 3.50. The summed E-state index contributed by atoms with van der Waals surface area (Å²) in [5.41, 5.74) is 1.79. The molecular weight excluding hydrogens is 323 g/mol. The van der Waals surface area contributed by atoms with Crippen molar-refractivity contribution in [3.05, 3.63) is 70.0 Å². The Morgan fingerprint density at radius 3 is 2.68 bits per heavy atom. The van der Waals surface area contributed by atoms with Gasteiger partial charge in [-0.25, -0.2) is 9.37 Å². The van der Waals surface area contributed by atoms with Crippen molar-refractivity contribution in [2.75, 3.05) is 24.3 Å². The lowest BCUT2D eigenvalue weighted by Gasteiger charge is -2.16. The van der Waals surface area contributed by atoms with E-state index in [0.717, 1.165) is 28.4 Å². The monoisotopic (exact) mass is 340 g/mol. The lowest BCUT2D eigenvalue weighted by Crippen LogP contribution is -2.12. The molecule has 0 unspecified atom stereocenters. The summed E-state index contributed by atoms with van der Waals surface area (Å²) in [6.07, 6.45) is 0. The first-order valence-electron chi connectivity index (χ1n) is 7.69. The van der Waals surface area contributed by atoms with Crippen molar-refractivity contribution in [1.82, 2.24) is 4.98 Å². The SMILES string of the molecule is CN(C)c1cc(CNc2ccc(F)cc2[N+](=O)[O-])c2ccccc2n1. The fraction of sp³-hybridized carbons (Fsp3) is 0.167. The molecule has 6 nitrogen and oxygen atoms in total. The highest BCUT2D eigenvalue weighted by Gasteiger charge is 2.15. The number of anilines is 2. The van der Waals surface area contributed by atoms with E-state index in [2.05, 4.69) is 10.3 Å². The zero-order valence-electron chi connectivity index (χ0n) is 13.9. The van der Waals surface area contributed by atoms with E-state index in [1.807, 2.05) is 49.3 Å². The van der Waals surface area contributed by atoms with Crippen molar-refractivity contribution in [3.8, 4) is 0 Å². The standard InChI is InChI=1S/C18H17FN4O2/c1-22(2)18-9-12(14-5-3-4-6-15(14)21-18)11-20-16-8-7-13(19)10-17(16)23(24)25/h3-10,20H,11H2,1-2H3. The highest BCUT2D eigenvalue weighted by Crippen LogP contribution is 2.27. The van der Waals surface area contributed by atoms with Gasteiger partial charge in [-0.2, -0.15) is 0 Å². The largest absolute Gasteiger partial charge is 0.375 e. The lowest BCUT2D eigenvalue weighted by atomic mass is 10.1. The Morgan fingerprint density at radius 1 is 1.20 bits per heavy atom. The number of aromatic nitrogens is 1. The van der Waals surface area contributed by atoms with E-state index >= 15 is 0 Å². The highest BCUT2D eigenvalue weighted by atomic mass is 19.1. The average molecular weight is 340 g/mol. The smallest absolute Gasteiger partial charge is 0.295 e. The van der Waals surface area contributed by atoms with E-state index < -0.39 is 10.7 Å². The molecule has 7 heteroatoms. The van der Waals surface area contributed by atoms with E-state index in [1.54, 1.807) is 0 Å². The van der Waals surface area contributed by atoms with Crippen LogP contribution in [0.1, 0.15) is 5.56 Å². The van der Waals surface area contributed by atoms with Crippen molar-refractivity contribution in [2.24, 2.45) is 0 Å². The number of halogens is 1. The third-order valence-electron chi connectivity index (χ3n) is 3.87. The molecule has 1 N–H and O–H groups in total. The third-order valence-corrected chi connectivity index (χ3v) is 3.87. The minimum atomic E-state index is -0.637. The first-order chi connectivity index (χ1) is 12.0. The van der Waals surface area contributed by atoms with E-state index in [0.29, 0.717) is 6.54 Å². The zero-order chi connectivity index (χ0) is 18.0. The average Bonchev–Trinajstić information content (AvgIpc) is 2.59. The van der Waals surface area contributed by atoms with Gasteiger partial charge in [0, 0.05) is 26.0 Å². The lowest BCUT2D eigenvalue weighted by molar-refractivity contribution is -0.384. The zero-order valence-corrected chi connectivity index (χ0v) is 13.9. The molecule has 0 bridgehead atoms. The van der Waals surface area contributed by atoms with Crippen LogP contribution in [0, 0.1) is 15.9 Å². The number of nitrogens with zero attached hydrogens (tertiary/aromatic N) is 3. The maximum absolute atomic E-state index is 13.3. The summed E-state index contributed by atoms with van der Waals surface area (Å²) in [6.45, 7) is 0.357. The molecule has 0 aliphatic heterocycles. The van der Waals surface area contributed by atoms with Crippen molar-refractivity contribution < 1.29 is 9.31 Å². The molecule has 0 atom stereocenters. The molecule has 2 aromatic carbocycles. The van der Waals surface area contributed by atoms with Crippen molar-refractivity contribution in [3.63, 3.8) is 0 Å². The molecule has 25 heavy (non-hydrogen) atoms. The molecule has 3 rings (SSSR count). The van der Waals surface area contributed by atoms with Crippen LogP contribution in [0.25, 0.3) is 10.9 Å². The van der Waals surface area contributed by atoms with Crippen LogP contribution in [0.4, 0.5) is 21.6 Å². The molecule has 0 saturated carbocycles. The van der Waals surface area contributed by atoms with Gasteiger partial charge >= 0.3 is 0 Å². The number of hydrogen-bond acceptors (Lipinski definition) is 5. The van der Waals surface area contributed by atoms with Crippen molar-refractivity contribution in [1.29, 1.82) is 0 Å². The molecular formula is C18H17FN4O2. The number of rotatable bonds is 5. The number of pyridine rings is 1. The van der Waals surface area contributed by atoms with Crippen LogP contribution < -0.4 is 10.2 Å². The maximum Gasteiger partial charge on any atom is 0.295 e. The minimum Gasteiger partial charge on any atom is -0.375 e. The summed E-state index contributed by atoms with van der Waals surface area (Å²) < 4.78 is 13.3. The molecule has 0 amide bonds. The number of nitro groups is 1. The van der Waals surface area contributed by atoms with Gasteiger partial charge in [-0.05, 0) is 29.8 Å². The summed E-state index contributed by atoms with van der Waals surface area (Å²) in [5, 5.41) is 15.1. The van der Waals surface area contributed by atoms with Gasteiger partial charge in [-0.3, -0.25) is 10.1 Å². The van der Waals surface area contributed by atoms with E-state index in [-0.39, 0.29) is 11.4 Å². The quantitative estimate of drug-likeness (QED) is 0.562.